The number of aryl methyl sites for hydroxylation is 1. The lowest BCUT2D eigenvalue weighted by molar-refractivity contribution is 0.415. The third-order valence-electron chi connectivity index (χ3n) is 6.27. The molecule has 0 bridgehead atoms. The molecule has 1 aliphatic carbocycles. The highest BCUT2D eigenvalue weighted by Crippen LogP contribution is 2.33. The van der Waals surface area contributed by atoms with Crippen molar-refractivity contribution in [2.45, 2.75) is 57.7 Å². The van der Waals surface area contributed by atoms with Gasteiger partial charge in [-0.25, -0.2) is 4.99 Å². The molecule has 31 heavy (non-hydrogen) atoms. The van der Waals surface area contributed by atoms with Gasteiger partial charge >= 0.3 is 0 Å². The van der Waals surface area contributed by atoms with E-state index in [1.54, 1.807) is 7.11 Å². The Balaban J connectivity index is 1.45. The molecule has 1 atom stereocenters. The smallest absolute Gasteiger partial charge is 0.192 e. The topological polar surface area (TPSA) is 79.6 Å². The van der Waals surface area contributed by atoms with Crippen molar-refractivity contribution in [3.8, 4) is 5.75 Å². The number of hydrogen-bond donors (Lipinski definition) is 2. The maximum Gasteiger partial charge on any atom is 0.192 e. The number of aromatic nitrogens is 3. The summed E-state index contributed by atoms with van der Waals surface area (Å²) in [4.78, 5) is 7.17. The van der Waals surface area contributed by atoms with Crippen molar-refractivity contribution >= 4 is 23.2 Å². The summed E-state index contributed by atoms with van der Waals surface area (Å²) >= 11 is 6.24. The van der Waals surface area contributed by atoms with Crippen LogP contribution < -0.4 is 20.3 Å². The van der Waals surface area contributed by atoms with E-state index < -0.39 is 0 Å². The molecule has 2 fully saturated rings. The fourth-order valence-electron chi connectivity index (χ4n) is 4.34. The number of anilines is 1. The second kappa shape index (κ2) is 9.77. The SMILES string of the molecule is COc1ccc(Cl)cc1N1CCC(NC(=NCc2nnc(C)n2C)NC2CCCC2)C1. The zero-order chi connectivity index (χ0) is 21.8. The zero-order valence-corrected chi connectivity index (χ0v) is 19.3. The molecule has 1 unspecified atom stereocenters. The number of methoxy groups -OCH3 is 1. The molecule has 4 rings (SSSR count). The molecule has 2 heterocycles. The Hall–Kier alpha value is -2.48. The Morgan fingerprint density at radius 1 is 1.19 bits per heavy atom. The van der Waals surface area contributed by atoms with Gasteiger partial charge in [-0.2, -0.15) is 0 Å². The van der Waals surface area contributed by atoms with Crippen LogP contribution in [0.2, 0.25) is 5.02 Å². The summed E-state index contributed by atoms with van der Waals surface area (Å²) in [6, 6.07) is 6.54. The van der Waals surface area contributed by atoms with Crippen LogP contribution >= 0.6 is 11.6 Å². The number of nitrogens with zero attached hydrogens (tertiary/aromatic N) is 5. The number of ether oxygens (including phenoxy) is 1. The third kappa shape index (κ3) is 5.23. The molecule has 1 saturated carbocycles. The molecule has 8 nitrogen and oxygen atoms in total. The molecule has 0 amide bonds. The summed E-state index contributed by atoms with van der Waals surface area (Å²) in [6.07, 6.45) is 5.96. The van der Waals surface area contributed by atoms with Crippen LogP contribution in [0.1, 0.15) is 43.8 Å². The lowest BCUT2D eigenvalue weighted by atomic mass is 10.2. The van der Waals surface area contributed by atoms with Crippen molar-refractivity contribution in [1.82, 2.24) is 25.4 Å². The molecule has 168 valence electrons. The Bertz CT molecular complexity index is 923. The fourth-order valence-corrected chi connectivity index (χ4v) is 4.50. The Labute approximate surface area is 189 Å². The van der Waals surface area contributed by atoms with E-state index in [9.17, 15) is 0 Å². The van der Waals surface area contributed by atoms with Crippen molar-refractivity contribution in [1.29, 1.82) is 0 Å². The molecule has 0 spiro atoms. The van der Waals surface area contributed by atoms with Crippen LogP contribution in [-0.2, 0) is 13.6 Å². The fraction of sp³-hybridized carbons (Fsp3) is 0.591. The van der Waals surface area contributed by atoms with Gasteiger partial charge in [0.05, 0.1) is 12.8 Å². The molecule has 2 N–H and O–H groups in total. The van der Waals surface area contributed by atoms with Crippen LogP contribution in [-0.4, -0.2) is 53.0 Å². The maximum absolute atomic E-state index is 6.24. The standard InChI is InChI=1S/C22H32ClN7O/c1-15-27-28-21(29(15)2)13-24-22(25-17-6-4-5-7-17)26-18-10-11-30(14-18)19-12-16(23)8-9-20(19)31-3/h8-9,12,17-18H,4-7,10-11,13-14H2,1-3H3,(H2,24,25,26). The summed E-state index contributed by atoms with van der Waals surface area (Å²) < 4.78 is 7.53. The Morgan fingerprint density at radius 3 is 2.68 bits per heavy atom. The van der Waals surface area contributed by atoms with E-state index in [0.29, 0.717) is 12.6 Å². The van der Waals surface area contributed by atoms with E-state index in [0.717, 1.165) is 53.6 Å². The van der Waals surface area contributed by atoms with Crippen LogP contribution in [0.15, 0.2) is 23.2 Å². The van der Waals surface area contributed by atoms with E-state index in [-0.39, 0.29) is 6.04 Å². The van der Waals surface area contributed by atoms with Crippen molar-refractivity contribution in [2.75, 3.05) is 25.1 Å². The van der Waals surface area contributed by atoms with Crippen molar-refractivity contribution in [2.24, 2.45) is 12.0 Å². The van der Waals surface area contributed by atoms with E-state index >= 15 is 0 Å². The van der Waals surface area contributed by atoms with Gasteiger partial charge in [0, 0.05) is 37.2 Å². The molecule has 2 aromatic rings. The van der Waals surface area contributed by atoms with Gasteiger partial charge in [-0.3, -0.25) is 0 Å². The molecule has 1 saturated heterocycles. The minimum Gasteiger partial charge on any atom is -0.495 e. The number of benzene rings is 1. The van der Waals surface area contributed by atoms with Gasteiger partial charge in [0.1, 0.15) is 18.1 Å². The lowest BCUT2D eigenvalue weighted by Gasteiger charge is -2.23. The van der Waals surface area contributed by atoms with E-state index in [4.69, 9.17) is 21.3 Å². The first-order valence-electron chi connectivity index (χ1n) is 11.0. The van der Waals surface area contributed by atoms with Gasteiger partial charge in [-0.1, -0.05) is 24.4 Å². The van der Waals surface area contributed by atoms with Crippen LogP contribution in [0.3, 0.4) is 0 Å². The molecule has 2 aliphatic rings. The minimum absolute atomic E-state index is 0.289. The highest BCUT2D eigenvalue weighted by molar-refractivity contribution is 6.30. The van der Waals surface area contributed by atoms with Gasteiger partial charge in [-0.05, 0) is 44.4 Å². The van der Waals surface area contributed by atoms with Gasteiger partial charge in [0.15, 0.2) is 11.8 Å². The normalized spacial score (nSPS) is 19.8. The molecule has 1 aromatic carbocycles. The van der Waals surface area contributed by atoms with Crippen molar-refractivity contribution < 1.29 is 4.74 Å². The molecule has 9 heteroatoms. The first-order chi connectivity index (χ1) is 15.0. The monoisotopic (exact) mass is 445 g/mol. The first-order valence-corrected chi connectivity index (χ1v) is 11.4. The zero-order valence-electron chi connectivity index (χ0n) is 18.6. The second-order valence-electron chi connectivity index (χ2n) is 8.41. The maximum atomic E-state index is 6.24. The molecular weight excluding hydrogens is 414 g/mol. The molecular formula is C22H32ClN7O. The summed E-state index contributed by atoms with van der Waals surface area (Å²) in [5.41, 5.74) is 1.04. The van der Waals surface area contributed by atoms with Gasteiger partial charge in [0.2, 0.25) is 0 Å². The van der Waals surface area contributed by atoms with Crippen LogP contribution in [0, 0.1) is 6.92 Å². The highest BCUT2D eigenvalue weighted by atomic mass is 35.5. The molecule has 1 aliphatic heterocycles. The van der Waals surface area contributed by atoms with E-state index in [2.05, 4.69) is 25.7 Å². The third-order valence-corrected chi connectivity index (χ3v) is 6.50. The lowest BCUT2D eigenvalue weighted by Crippen LogP contribution is -2.47. The average molecular weight is 446 g/mol. The van der Waals surface area contributed by atoms with Crippen LogP contribution in [0.4, 0.5) is 5.69 Å². The average Bonchev–Trinajstić information content (AvgIpc) is 3.50. The molecule has 0 radical (unpaired) electrons. The van der Waals surface area contributed by atoms with Crippen LogP contribution in [0.5, 0.6) is 5.75 Å². The first kappa shape index (κ1) is 21.7. The molecule has 1 aromatic heterocycles. The van der Waals surface area contributed by atoms with E-state index in [1.807, 2.05) is 36.7 Å². The highest BCUT2D eigenvalue weighted by Gasteiger charge is 2.26. The van der Waals surface area contributed by atoms with Gasteiger partial charge < -0.3 is 24.8 Å². The Morgan fingerprint density at radius 2 is 1.97 bits per heavy atom. The summed E-state index contributed by atoms with van der Waals surface area (Å²) in [6.45, 7) is 4.25. The number of rotatable bonds is 6. The van der Waals surface area contributed by atoms with Gasteiger partial charge in [0.25, 0.3) is 0 Å². The second-order valence-corrected chi connectivity index (χ2v) is 8.84. The summed E-state index contributed by atoms with van der Waals surface area (Å²) in [5, 5.41) is 16.4. The number of guanidine groups is 1. The number of hydrogen-bond acceptors (Lipinski definition) is 5. The minimum atomic E-state index is 0.289. The van der Waals surface area contributed by atoms with Crippen molar-refractivity contribution in [3.05, 3.63) is 34.9 Å². The Kier molecular flexibility index (Phi) is 6.85. The quantitative estimate of drug-likeness (QED) is 0.525. The van der Waals surface area contributed by atoms with E-state index in [1.165, 1.54) is 25.7 Å². The number of aliphatic imine (C=N–C) groups is 1. The van der Waals surface area contributed by atoms with Crippen LogP contribution in [0.25, 0.3) is 0 Å². The van der Waals surface area contributed by atoms with Gasteiger partial charge in [-0.15, -0.1) is 10.2 Å². The predicted molar refractivity (Wildman–Crippen MR) is 124 cm³/mol. The number of halogens is 1. The largest absolute Gasteiger partial charge is 0.495 e. The number of nitrogens with one attached hydrogen (secondary N) is 2. The predicted octanol–water partition coefficient (Wildman–Crippen LogP) is 3.04. The summed E-state index contributed by atoms with van der Waals surface area (Å²) in [5.74, 6) is 3.46. The summed E-state index contributed by atoms with van der Waals surface area (Å²) in [7, 11) is 3.67. The van der Waals surface area contributed by atoms with Crippen molar-refractivity contribution in [3.63, 3.8) is 0 Å².